The van der Waals surface area contributed by atoms with Crippen LogP contribution < -0.4 is 0 Å². The molecule has 34 heavy (non-hydrogen) atoms. The lowest BCUT2D eigenvalue weighted by atomic mass is 10.1. The van der Waals surface area contributed by atoms with Crippen molar-refractivity contribution in [3.05, 3.63) is 74.9 Å². The van der Waals surface area contributed by atoms with E-state index in [4.69, 9.17) is 21.4 Å². The maximum absolute atomic E-state index is 12.5. The quantitative estimate of drug-likeness (QED) is 0.196. The largest absolute Gasteiger partial charge is 0.462 e. The van der Waals surface area contributed by atoms with Crippen molar-refractivity contribution >= 4 is 50.7 Å². The van der Waals surface area contributed by atoms with Crippen LogP contribution in [-0.4, -0.2) is 38.2 Å². The molecule has 2 heterocycles. The van der Waals surface area contributed by atoms with Crippen LogP contribution in [0.25, 0.3) is 16.6 Å². The third kappa shape index (κ3) is 4.40. The first-order valence-electron chi connectivity index (χ1n) is 11.0. The van der Waals surface area contributed by atoms with E-state index in [-0.39, 0.29) is 11.1 Å². The monoisotopic (exact) mass is 542 g/mol. The second-order valence-corrected chi connectivity index (χ2v) is 9.06. The Kier molecular flexibility index (Phi) is 7.19. The number of para-hydroxylation sites is 1. The van der Waals surface area contributed by atoms with E-state index in [0.717, 1.165) is 35.0 Å². The molecule has 0 spiro atoms. The van der Waals surface area contributed by atoms with Crippen LogP contribution >= 0.6 is 27.5 Å². The maximum atomic E-state index is 12.5. The highest BCUT2D eigenvalue weighted by Gasteiger charge is 2.21. The van der Waals surface area contributed by atoms with Crippen LogP contribution in [-0.2, 0) is 11.3 Å². The molecule has 0 aliphatic heterocycles. The molecule has 0 fully saturated rings. The standard InChI is InChI=1S/C25H24BrClN4O3/c1-4-15(3)24-28-23(27)21(14-32)30(24)13-16-10-11-19-18(12-16)22(26)31(29-19)20-9-7-6-8-17(20)25(33)34-5-2/h6-12,14-15H,4-5,13H2,1-3H3. The van der Waals surface area contributed by atoms with Gasteiger partial charge in [-0.25, -0.2) is 14.5 Å². The van der Waals surface area contributed by atoms with Crippen molar-refractivity contribution < 1.29 is 14.3 Å². The number of hydrogen-bond donors (Lipinski definition) is 0. The summed E-state index contributed by atoms with van der Waals surface area (Å²) in [5.74, 6) is 0.540. The minimum absolute atomic E-state index is 0.156. The van der Waals surface area contributed by atoms with Crippen LogP contribution in [0.1, 0.15) is 65.3 Å². The summed E-state index contributed by atoms with van der Waals surface area (Å²) in [6, 6.07) is 13.1. The van der Waals surface area contributed by atoms with Gasteiger partial charge in [-0.05, 0) is 59.1 Å². The van der Waals surface area contributed by atoms with E-state index in [0.29, 0.717) is 34.7 Å². The predicted molar refractivity (Wildman–Crippen MR) is 135 cm³/mol. The number of hydrogen-bond acceptors (Lipinski definition) is 5. The third-order valence-corrected chi connectivity index (χ3v) is 6.84. The fourth-order valence-electron chi connectivity index (χ4n) is 3.87. The van der Waals surface area contributed by atoms with E-state index in [2.05, 4.69) is 34.8 Å². The highest BCUT2D eigenvalue weighted by atomic mass is 79.9. The number of aromatic nitrogens is 4. The van der Waals surface area contributed by atoms with Gasteiger partial charge in [0.25, 0.3) is 0 Å². The number of nitrogens with zero attached hydrogens (tertiary/aromatic N) is 4. The van der Waals surface area contributed by atoms with Crippen LogP contribution in [0.15, 0.2) is 47.1 Å². The topological polar surface area (TPSA) is 79.0 Å². The zero-order valence-electron chi connectivity index (χ0n) is 19.1. The summed E-state index contributed by atoms with van der Waals surface area (Å²) >= 11 is 9.91. The van der Waals surface area contributed by atoms with Crippen molar-refractivity contribution in [1.29, 1.82) is 0 Å². The molecule has 1 unspecified atom stereocenters. The molecule has 4 rings (SSSR count). The van der Waals surface area contributed by atoms with E-state index in [9.17, 15) is 9.59 Å². The van der Waals surface area contributed by atoms with Crippen LogP contribution in [0, 0.1) is 0 Å². The Hall–Kier alpha value is -2.97. The SMILES string of the molecule is CCOC(=O)c1ccccc1-n1nc2ccc(Cn3c(C(C)CC)nc(Cl)c3C=O)cc2c1Br. The second kappa shape index (κ2) is 10.1. The maximum Gasteiger partial charge on any atom is 0.340 e. The molecule has 0 N–H and O–H groups in total. The average Bonchev–Trinajstić information content (AvgIpc) is 3.34. The van der Waals surface area contributed by atoms with Crippen molar-refractivity contribution in [2.75, 3.05) is 6.61 Å². The molecule has 4 aromatic rings. The van der Waals surface area contributed by atoms with Gasteiger partial charge in [-0.15, -0.1) is 0 Å². The second-order valence-electron chi connectivity index (χ2n) is 7.95. The van der Waals surface area contributed by atoms with Gasteiger partial charge in [-0.2, -0.15) is 5.10 Å². The number of halogens is 2. The van der Waals surface area contributed by atoms with Crippen molar-refractivity contribution in [2.45, 2.75) is 39.7 Å². The van der Waals surface area contributed by atoms with Crippen molar-refractivity contribution in [1.82, 2.24) is 19.3 Å². The van der Waals surface area contributed by atoms with E-state index in [1.165, 1.54) is 0 Å². The molecule has 2 aromatic heterocycles. The number of rotatable bonds is 8. The summed E-state index contributed by atoms with van der Waals surface area (Å²) in [5.41, 5.74) is 3.15. The molecule has 0 aliphatic carbocycles. The van der Waals surface area contributed by atoms with Gasteiger partial charge in [-0.3, -0.25) is 4.79 Å². The number of ether oxygens (including phenoxy) is 1. The van der Waals surface area contributed by atoms with E-state index >= 15 is 0 Å². The molecular weight excluding hydrogens is 520 g/mol. The van der Waals surface area contributed by atoms with Gasteiger partial charge < -0.3 is 9.30 Å². The lowest BCUT2D eigenvalue weighted by Gasteiger charge is -2.13. The molecular formula is C25H24BrClN4O3. The molecule has 7 nitrogen and oxygen atoms in total. The number of imidazole rings is 1. The molecule has 0 saturated carbocycles. The summed E-state index contributed by atoms with van der Waals surface area (Å²) < 4.78 is 9.49. The zero-order chi connectivity index (χ0) is 24.4. The first-order valence-corrected chi connectivity index (χ1v) is 12.2. The molecule has 176 valence electrons. The molecule has 0 saturated heterocycles. The van der Waals surface area contributed by atoms with Crippen LogP contribution in [0.2, 0.25) is 5.15 Å². The fourth-order valence-corrected chi connectivity index (χ4v) is 4.69. The number of benzene rings is 2. The summed E-state index contributed by atoms with van der Waals surface area (Å²) in [5, 5.41) is 5.79. The molecule has 2 aromatic carbocycles. The number of carbonyl (C=O) groups is 2. The van der Waals surface area contributed by atoms with Crippen LogP contribution in [0.5, 0.6) is 0 Å². The smallest absolute Gasteiger partial charge is 0.340 e. The Bertz CT molecular complexity index is 1380. The summed E-state index contributed by atoms with van der Waals surface area (Å²) in [7, 11) is 0. The molecule has 1 atom stereocenters. The van der Waals surface area contributed by atoms with Crippen molar-refractivity contribution in [2.24, 2.45) is 0 Å². The molecule has 0 aliphatic rings. The van der Waals surface area contributed by atoms with E-state index in [1.54, 1.807) is 23.7 Å². The predicted octanol–water partition coefficient (Wildman–Crippen LogP) is 6.19. The minimum atomic E-state index is -0.402. The average molecular weight is 544 g/mol. The summed E-state index contributed by atoms with van der Waals surface area (Å²) in [6.45, 7) is 6.65. The molecule has 9 heteroatoms. The minimum Gasteiger partial charge on any atom is -0.462 e. The van der Waals surface area contributed by atoms with Gasteiger partial charge in [0.05, 0.1) is 23.4 Å². The van der Waals surface area contributed by atoms with Crippen molar-refractivity contribution in [3.63, 3.8) is 0 Å². The first kappa shape index (κ1) is 24.2. The number of aldehydes is 1. The first-order chi connectivity index (χ1) is 16.4. The van der Waals surface area contributed by atoms with Gasteiger partial charge in [0.1, 0.15) is 16.1 Å². The highest BCUT2D eigenvalue weighted by Crippen LogP contribution is 2.31. The number of carbonyl (C=O) groups excluding carboxylic acids is 2. The zero-order valence-corrected chi connectivity index (χ0v) is 21.4. The molecule has 0 radical (unpaired) electrons. The third-order valence-electron chi connectivity index (χ3n) is 5.80. The molecule has 0 amide bonds. The Morgan fingerprint density at radius 1 is 1.24 bits per heavy atom. The number of esters is 1. The lowest BCUT2D eigenvalue weighted by Crippen LogP contribution is -2.10. The van der Waals surface area contributed by atoms with Crippen LogP contribution in [0.3, 0.4) is 0 Å². The van der Waals surface area contributed by atoms with Gasteiger partial charge in [0, 0.05) is 17.8 Å². The summed E-state index contributed by atoms with van der Waals surface area (Å²) in [6.07, 6.45) is 1.63. The Morgan fingerprint density at radius 2 is 2.00 bits per heavy atom. The Balaban J connectivity index is 1.77. The Morgan fingerprint density at radius 3 is 2.71 bits per heavy atom. The van der Waals surface area contributed by atoms with Crippen molar-refractivity contribution in [3.8, 4) is 5.69 Å². The van der Waals surface area contributed by atoms with E-state index < -0.39 is 5.97 Å². The van der Waals surface area contributed by atoms with Gasteiger partial charge in [-0.1, -0.05) is 43.6 Å². The fraction of sp³-hybridized carbons (Fsp3) is 0.280. The normalized spacial score (nSPS) is 12.1. The molecule has 0 bridgehead atoms. The highest BCUT2D eigenvalue weighted by molar-refractivity contribution is 9.10. The van der Waals surface area contributed by atoms with E-state index in [1.807, 2.05) is 34.9 Å². The van der Waals surface area contributed by atoms with Gasteiger partial charge >= 0.3 is 5.97 Å². The Labute approximate surface area is 210 Å². The lowest BCUT2D eigenvalue weighted by molar-refractivity contribution is 0.0526. The van der Waals surface area contributed by atoms with Crippen LogP contribution in [0.4, 0.5) is 0 Å². The summed E-state index contributed by atoms with van der Waals surface area (Å²) in [4.78, 5) is 28.6. The van der Waals surface area contributed by atoms with Gasteiger partial charge in [0.2, 0.25) is 0 Å². The number of fused-ring (bicyclic) bond motifs is 1. The van der Waals surface area contributed by atoms with Gasteiger partial charge in [0.15, 0.2) is 11.4 Å².